The second-order valence-electron chi connectivity index (χ2n) is 5.14. The van der Waals surface area contributed by atoms with Gasteiger partial charge in [-0.1, -0.05) is 0 Å². The molecule has 2 unspecified atom stereocenters. The molecule has 1 rings (SSSR count). The van der Waals surface area contributed by atoms with Crippen molar-refractivity contribution in [3.63, 3.8) is 0 Å². The summed E-state index contributed by atoms with van der Waals surface area (Å²) in [5.41, 5.74) is 0. The smallest absolute Gasteiger partial charge is 0.224 e. The third-order valence-corrected chi connectivity index (χ3v) is 4.64. The Kier molecular flexibility index (Phi) is 7.28. The van der Waals surface area contributed by atoms with Gasteiger partial charge in [-0.2, -0.15) is 0 Å². The summed E-state index contributed by atoms with van der Waals surface area (Å²) in [6, 6.07) is 0. The zero-order valence-corrected chi connectivity index (χ0v) is 12.4. The minimum atomic E-state index is -0.886. The molecule has 1 aliphatic rings. The highest BCUT2D eigenvalue weighted by molar-refractivity contribution is 7.86. The fraction of sp³-hybridized carbons (Fsp3) is 0.909. The summed E-state index contributed by atoms with van der Waals surface area (Å²) in [5, 5.41) is 6.01. The van der Waals surface area contributed by atoms with Crippen LogP contribution in [0.1, 0.15) is 27.2 Å². The van der Waals surface area contributed by atoms with Gasteiger partial charge in [0.25, 0.3) is 0 Å². The predicted molar refractivity (Wildman–Crippen MR) is 74.0 cm³/mol. The minimum absolute atomic E-state index is 0. The van der Waals surface area contributed by atoms with Crippen LogP contribution < -0.4 is 10.6 Å². The molecular formula is C11H23ClN2O2S. The summed E-state index contributed by atoms with van der Waals surface area (Å²) in [7, 11) is -0.886. The Morgan fingerprint density at radius 3 is 2.59 bits per heavy atom. The molecule has 0 aliphatic carbocycles. The lowest BCUT2D eigenvalue weighted by atomic mass is 10.1. The largest absolute Gasteiger partial charge is 0.355 e. The number of amides is 1. The summed E-state index contributed by atoms with van der Waals surface area (Å²) in [5.74, 6) is 0.731. The first-order valence-electron chi connectivity index (χ1n) is 5.78. The third kappa shape index (κ3) is 5.84. The molecule has 2 N–H and O–H groups in total. The first kappa shape index (κ1) is 16.9. The average molecular weight is 283 g/mol. The maximum absolute atomic E-state index is 11.7. The molecule has 0 aromatic carbocycles. The fourth-order valence-corrected chi connectivity index (χ4v) is 2.50. The van der Waals surface area contributed by atoms with Crippen LogP contribution in [0.15, 0.2) is 0 Å². The van der Waals surface area contributed by atoms with Crippen LogP contribution in [0.3, 0.4) is 0 Å². The molecule has 1 amide bonds. The van der Waals surface area contributed by atoms with Crippen LogP contribution in [0.2, 0.25) is 0 Å². The van der Waals surface area contributed by atoms with Crippen molar-refractivity contribution >= 4 is 29.1 Å². The highest BCUT2D eigenvalue weighted by Gasteiger charge is 2.23. The first-order valence-corrected chi connectivity index (χ1v) is 7.10. The van der Waals surface area contributed by atoms with E-state index in [0.717, 1.165) is 19.5 Å². The Morgan fingerprint density at radius 1 is 1.47 bits per heavy atom. The van der Waals surface area contributed by atoms with Crippen LogP contribution in [0.5, 0.6) is 0 Å². The molecule has 0 saturated carbocycles. The zero-order chi connectivity index (χ0) is 12.2. The molecule has 0 spiro atoms. The summed E-state index contributed by atoms with van der Waals surface area (Å²) >= 11 is 0. The molecule has 1 heterocycles. The summed E-state index contributed by atoms with van der Waals surface area (Å²) in [6.45, 7) is 8.06. The van der Waals surface area contributed by atoms with Gasteiger partial charge in [0.1, 0.15) is 0 Å². The van der Waals surface area contributed by atoms with E-state index in [9.17, 15) is 9.00 Å². The van der Waals surface area contributed by atoms with E-state index in [1.807, 2.05) is 20.8 Å². The zero-order valence-electron chi connectivity index (χ0n) is 10.7. The third-order valence-electron chi connectivity index (χ3n) is 2.70. The van der Waals surface area contributed by atoms with E-state index in [-0.39, 0.29) is 29.0 Å². The van der Waals surface area contributed by atoms with Gasteiger partial charge < -0.3 is 10.6 Å². The van der Waals surface area contributed by atoms with Gasteiger partial charge in [-0.25, -0.2) is 0 Å². The number of hydrogen-bond donors (Lipinski definition) is 2. The maximum atomic E-state index is 11.7. The van der Waals surface area contributed by atoms with E-state index in [4.69, 9.17) is 0 Å². The van der Waals surface area contributed by atoms with Crippen molar-refractivity contribution in [2.75, 3.05) is 25.4 Å². The lowest BCUT2D eigenvalue weighted by Crippen LogP contribution is -2.36. The number of nitrogens with one attached hydrogen (secondary N) is 2. The monoisotopic (exact) mass is 282 g/mol. The SMILES string of the molecule is CC(C)(C)S(=O)CCNC(=O)C1CCNC1.Cl. The second-order valence-corrected chi connectivity index (χ2v) is 7.47. The van der Waals surface area contributed by atoms with Gasteiger partial charge in [-0.05, 0) is 33.7 Å². The highest BCUT2D eigenvalue weighted by atomic mass is 35.5. The van der Waals surface area contributed by atoms with Crippen molar-refractivity contribution in [3.05, 3.63) is 0 Å². The van der Waals surface area contributed by atoms with E-state index < -0.39 is 10.8 Å². The molecule has 0 radical (unpaired) electrons. The molecule has 2 atom stereocenters. The van der Waals surface area contributed by atoms with Gasteiger partial charge in [0, 0.05) is 34.4 Å². The summed E-state index contributed by atoms with van der Waals surface area (Å²) in [6.07, 6.45) is 0.911. The van der Waals surface area contributed by atoms with Crippen LogP contribution in [0, 0.1) is 5.92 Å². The summed E-state index contributed by atoms with van der Waals surface area (Å²) in [4.78, 5) is 11.6. The molecule has 4 nitrogen and oxygen atoms in total. The molecule has 1 saturated heterocycles. The van der Waals surface area contributed by atoms with Crippen LogP contribution in [0.4, 0.5) is 0 Å². The quantitative estimate of drug-likeness (QED) is 0.797. The van der Waals surface area contributed by atoms with Crippen LogP contribution >= 0.6 is 12.4 Å². The number of rotatable bonds is 4. The van der Waals surface area contributed by atoms with Crippen LogP contribution in [-0.4, -0.2) is 40.3 Å². The van der Waals surface area contributed by atoms with Crippen LogP contribution in [0.25, 0.3) is 0 Å². The van der Waals surface area contributed by atoms with Crippen molar-refractivity contribution < 1.29 is 9.00 Å². The molecule has 0 aromatic heterocycles. The Balaban J connectivity index is 0.00000256. The maximum Gasteiger partial charge on any atom is 0.224 e. The van der Waals surface area contributed by atoms with Crippen molar-refractivity contribution in [3.8, 4) is 0 Å². The lowest BCUT2D eigenvalue weighted by molar-refractivity contribution is -0.124. The Bertz CT molecular complexity index is 273. The number of halogens is 1. The molecule has 102 valence electrons. The van der Waals surface area contributed by atoms with Gasteiger partial charge in [-0.3, -0.25) is 9.00 Å². The second kappa shape index (κ2) is 7.34. The van der Waals surface area contributed by atoms with E-state index in [1.165, 1.54) is 0 Å². The van der Waals surface area contributed by atoms with Crippen molar-refractivity contribution in [1.82, 2.24) is 10.6 Å². The Hall–Kier alpha value is -0.130. The van der Waals surface area contributed by atoms with E-state index in [2.05, 4.69) is 10.6 Å². The fourth-order valence-electron chi connectivity index (χ4n) is 1.60. The molecule has 1 fully saturated rings. The van der Waals surface area contributed by atoms with Gasteiger partial charge in [0.2, 0.25) is 5.91 Å². The number of carbonyl (C=O) groups excluding carboxylic acids is 1. The first-order chi connectivity index (χ1) is 7.41. The Morgan fingerprint density at radius 2 is 2.12 bits per heavy atom. The normalized spacial score (nSPS) is 21.7. The summed E-state index contributed by atoms with van der Waals surface area (Å²) < 4.78 is 11.5. The van der Waals surface area contributed by atoms with Gasteiger partial charge in [0.15, 0.2) is 0 Å². The van der Waals surface area contributed by atoms with Gasteiger partial charge in [-0.15, -0.1) is 12.4 Å². The van der Waals surface area contributed by atoms with Crippen molar-refractivity contribution in [1.29, 1.82) is 0 Å². The lowest BCUT2D eigenvalue weighted by Gasteiger charge is -2.18. The molecule has 0 bridgehead atoms. The van der Waals surface area contributed by atoms with Crippen molar-refractivity contribution in [2.24, 2.45) is 5.92 Å². The molecule has 17 heavy (non-hydrogen) atoms. The van der Waals surface area contributed by atoms with Gasteiger partial charge >= 0.3 is 0 Å². The minimum Gasteiger partial charge on any atom is -0.355 e. The predicted octanol–water partition coefficient (Wildman–Crippen LogP) is 0.681. The standard InChI is InChI=1S/C11H22N2O2S.ClH/c1-11(2,3)16(15)7-6-13-10(14)9-4-5-12-8-9;/h9,12H,4-8H2,1-3H3,(H,13,14);1H. The molecule has 1 aliphatic heterocycles. The molecule has 6 heteroatoms. The number of hydrogen-bond acceptors (Lipinski definition) is 3. The number of carbonyl (C=O) groups is 1. The molecular weight excluding hydrogens is 260 g/mol. The van der Waals surface area contributed by atoms with Gasteiger partial charge in [0.05, 0.1) is 5.92 Å². The average Bonchev–Trinajstić information content (AvgIpc) is 2.68. The van der Waals surface area contributed by atoms with E-state index >= 15 is 0 Å². The van der Waals surface area contributed by atoms with E-state index in [1.54, 1.807) is 0 Å². The topological polar surface area (TPSA) is 58.2 Å². The molecule has 0 aromatic rings. The highest BCUT2D eigenvalue weighted by Crippen LogP contribution is 2.11. The Labute approximate surface area is 112 Å². The van der Waals surface area contributed by atoms with Crippen LogP contribution in [-0.2, 0) is 15.6 Å². The van der Waals surface area contributed by atoms with E-state index in [0.29, 0.717) is 12.3 Å². The van der Waals surface area contributed by atoms with Crippen molar-refractivity contribution in [2.45, 2.75) is 31.9 Å².